The molecular weight excluding hydrogens is 329 g/mol. The van der Waals surface area contributed by atoms with Crippen molar-refractivity contribution in [3.63, 3.8) is 0 Å². The molecule has 0 aliphatic carbocycles. The Balaban J connectivity index is 2.93. The van der Waals surface area contributed by atoms with E-state index in [0.29, 0.717) is 25.8 Å². The van der Waals surface area contributed by atoms with E-state index in [1.54, 1.807) is 0 Å². The highest BCUT2D eigenvalue weighted by molar-refractivity contribution is 5.92. The van der Waals surface area contributed by atoms with Crippen LogP contribution in [0.25, 0.3) is 0 Å². The van der Waals surface area contributed by atoms with E-state index >= 15 is 0 Å². The highest BCUT2D eigenvalue weighted by Gasteiger charge is 2.42. The lowest BCUT2D eigenvalue weighted by Crippen LogP contribution is -2.53. The maximum atomic E-state index is 14.4. The van der Waals surface area contributed by atoms with E-state index in [-0.39, 0.29) is 12.3 Å². The van der Waals surface area contributed by atoms with Gasteiger partial charge in [0.05, 0.1) is 5.92 Å². The van der Waals surface area contributed by atoms with Crippen molar-refractivity contribution >= 4 is 17.7 Å². The van der Waals surface area contributed by atoms with Gasteiger partial charge in [0.25, 0.3) is 5.91 Å². The standard InChI is InChI=1S/C17H30FN3O4/c1-5-6-8-11(13(18)15(23)20-25)16(24)21-10-7-9-12(21)14(22)19-17(2,3)4/h11-13,25H,5-10H2,1-4H3,(H,19,22)(H,20,23)/t11-,12?,13-/m1/s1. The lowest BCUT2D eigenvalue weighted by atomic mass is 9.94. The van der Waals surface area contributed by atoms with Crippen molar-refractivity contribution in [3.8, 4) is 0 Å². The predicted octanol–water partition coefficient (Wildman–Crippen LogP) is 1.54. The zero-order valence-corrected chi connectivity index (χ0v) is 15.5. The average Bonchev–Trinajstić information content (AvgIpc) is 3.02. The van der Waals surface area contributed by atoms with Crippen LogP contribution in [-0.2, 0) is 14.4 Å². The second-order valence-corrected chi connectivity index (χ2v) is 7.56. The van der Waals surface area contributed by atoms with E-state index in [4.69, 9.17) is 5.21 Å². The first kappa shape index (κ1) is 21.3. The number of hydroxylamine groups is 1. The number of halogens is 1. The molecule has 1 aliphatic rings. The second-order valence-electron chi connectivity index (χ2n) is 7.56. The molecule has 0 saturated carbocycles. The number of hydrogen-bond acceptors (Lipinski definition) is 4. The summed E-state index contributed by atoms with van der Waals surface area (Å²) in [5, 5.41) is 11.5. The van der Waals surface area contributed by atoms with Crippen LogP contribution < -0.4 is 10.8 Å². The van der Waals surface area contributed by atoms with Crippen molar-refractivity contribution in [2.24, 2.45) is 5.92 Å². The molecule has 0 radical (unpaired) electrons. The van der Waals surface area contributed by atoms with Gasteiger partial charge in [0.1, 0.15) is 6.04 Å². The molecule has 0 aromatic carbocycles. The molecular formula is C17H30FN3O4. The third-order valence-electron chi connectivity index (χ3n) is 4.24. The summed E-state index contributed by atoms with van der Waals surface area (Å²) in [5.41, 5.74) is 0.833. The quantitative estimate of drug-likeness (QED) is 0.474. The molecule has 1 unspecified atom stereocenters. The molecule has 1 rings (SSSR count). The third kappa shape index (κ3) is 5.95. The van der Waals surface area contributed by atoms with E-state index in [0.717, 1.165) is 6.42 Å². The monoisotopic (exact) mass is 359 g/mol. The lowest BCUT2D eigenvalue weighted by Gasteiger charge is -2.31. The molecule has 0 bridgehead atoms. The van der Waals surface area contributed by atoms with E-state index in [9.17, 15) is 18.8 Å². The summed E-state index contributed by atoms with van der Waals surface area (Å²) in [5.74, 6) is -3.25. The van der Waals surface area contributed by atoms with Crippen molar-refractivity contribution in [1.82, 2.24) is 15.7 Å². The first-order valence-corrected chi connectivity index (χ1v) is 8.83. The van der Waals surface area contributed by atoms with Crippen LogP contribution in [0.3, 0.4) is 0 Å². The molecule has 144 valence electrons. The lowest BCUT2D eigenvalue weighted by molar-refractivity contribution is -0.149. The molecule has 1 heterocycles. The summed E-state index contributed by atoms with van der Waals surface area (Å²) in [6.45, 7) is 7.80. The van der Waals surface area contributed by atoms with Crippen molar-refractivity contribution < 1.29 is 24.0 Å². The topological polar surface area (TPSA) is 98.7 Å². The highest BCUT2D eigenvalue weighted by atomic mass is 19.1. The highest BCUT2D eigenvalue weighted by Crippen LogP contribution is 2.26. The normalized spacial score (nSPS) is 20.1. The molecule has 3 N–H and O–H groups in total. The van der Waals surface area contributed by atoms with Crippen molar-refractivity contribution in [2.45, 2.75) is 77.6 Å². The second kappa shape index (κ2) is 9.12. The summed E-state index contributed by atoms with van der Waals surface area (Å²) in [6.07, 6.45) is 0.520. The number of unbranched alkanes of at least 4 members (excludes halogenated alkanes) is 1. The summed E-state index contributed by atoms with van der Waals surface area (Å²) < 4.78 is 14.4. The van der Waals surface area contributed by atoms with Gasteiger partial charge >= 0.3 is 0 Å². The van der Waals surface area contributed by atoms with Gasteiger partial charge in [-0.25, -0.2) is 9.87 Å². The van der Waals surface area contributed by atoms with Gasteiger partial charge in [-0.1, -0.05) is 19.8 Å². The molecule has 3 atom stereocenters. The number of nitrogens with one attached hydrogen (secondary N) is 2. The van der Waals surface area contributed by atoms with Gasteiger partial charge in [-0.05, 0) is 40.0 Å². The molecule has 1 saturated heterocycles. The largest absolute Gasteiger partial charge is 0.350 e. The van der Waals surface area contributed by atoms with Gasteiger partial charge in [-0.2, -0.15) is 0 Å². The number of likely N-dealkylation sites (tertiary alicyclic amines) is 1. The van der Waals surface area contributed by atoms with Crippen LogP contribution in [0.1, 0.15) is 59.8 Å². The Labute approximate surface area is 148 Å². The predicted molar refractivity (Wildman–Crippen MR) is 90.5 cm³/mol. The van der Waals surface area contributed by atoms with Crippen LogP contribution in [0, 0.1) is 5.92 Å². The van der Waals surface area contributed by atoms with Gasteiger partial charge in [0.15, 0.2) is 6.17 Å². The van der Waals surface area contributed by atoms with Crippen LogP contribution in [0.5, 0.6) is 0 Å². The third-order valence-corrected chi connectivity index (χ3v) is 4.24. The van der Waals surface area contributed by atoms with Gasteiger partial charge in [-0.3, -0.25) is 19.6 Å². The van der Waals surface area contributed by atoms with Crippen LogP contribution in [0.2, 0.25) is 0 Å². The first-order chi connectivity index (χ1) is 11.6. The Kier molecular flexibility index (Phi) is 7.79. The number of nitrogens with zero attached hydrogens (tertiary/aromatic N) is 1. The number of amides is 3. The van der Waals surface area contributed by atoms with Crippen molar-refractivity contribution in [3.05, 3.63) is 0 Å². The van der Waals surface area contributed by atoms with E-state index in [2.05, 4.69) is 5.32 Å². The molecule has 3 amide bonds. The zero-order chi connectivity index (χ0) is 19.2. The van der Waals surface area contributed by atoms with Crippen LogP contribution >= 0.6 is 0 Å². The first-order valence-electron chi connectivity index (χ1n) is 8.83. The number of rotatable bonds is 7. The van der Waals surface area contributed by atoms with Gasteiger partial charge in [0, 0.05) is 12.1 Å². The molecule has 1 aliphatic heterocycles. The summed E-state index contributed by atoms with van der Waals surface area (Å²) >= 11 is 0. The summed E-state index contributed by atoms with van der Waals surface area (Å²) in [6, 6.07) is -0.653. The van der Waals surface area contributed by atoms with E-state index < -0.39 is 35.5 Å². The SMILES string of the molecule is CCCC[C@@H](C(=O)N1CCCC1C(=O)NC(C)(C)C)[C@@H](F)C(=O)NO. The van der Waals surface area contributed by atoms with Gasteiger partial charge in [0.2, 0.25) is 11.8 Å². The minimum absolute atomic E-state index is 0.189. The summed E-state index contributed by atoms with van der Waals surface area (Å²) in [4.78, 5) is 38.1. The molecule has 0 aromatic rings. The van der Waals surface area contributed by atoms with Crippen molar-refractivity contribution in [1.29, 1.82) is 0 Å². The van der Waals surface area contributed by atoms with E-state index in [1.807, 2.05) is 27.7 Å². The van der Waals surface area contributed by atoms with E-state index in [1.165, 1.54) is 10.4 Å². The Hall–Kier alpha value is -1.70. The van der Waals surface area contributed by atoms with Crippen LogP contribution in [-0.4, -0.2) is 52.1 Å². The fourth-order valence-corrected chi connectivity index (χ4v) is 3.03. The zero-order valence-electron chi connectivity index (χ0n) is 15.5. The molecule has 0 spiro atoms. The maximum absolute atomic E-state index is 14.4. The fraction of sp³-hybridized carbons (Fsp3) is 0.824. The van der Waals surface area contributed by atoms with Crippen LogP contribution in [0.15, 0.2) is 0 Å². The fourth-order valence-electron chi connectivity index (χ4n) is 3.03. The Morgan fingerprint density at radius 1 is 1.32 bits per heavy atom. The van der Waals surface area contributed by atoms with Gasteiger partial charge < -0.3 is 10.2 Å². The average molecular weight is 359 g/mol. The number of hydrogen-bond donors (Lipinski definition) is 3. The number of carbonyl (C=O) groups is 3. The molecule has 25 heavy (non-hydrogen) atoms. The molecule has 8 heteroatoms. The Morgan fingerprint density at radius 3 is 2.48 bits per heavy atom. The minimum atomic E-state index is -2.14. The minimum Gasteiger partial charge on any atom is -0.350 e. The number of carbonyl (C=O) groups excluding carboxylic acids is 3. The van der Waals surface area contributed by atoms with Gasteiger partial charge in [-0.15, -0.1) is 0 Å². The van der Waals surface area contributed by atoms with Crippen molar-refractivity contribution in [2.75, 3.05) is 6.54 Å². The molecule has 0 aromatic heterocycles. The molecule has 7 nitrogen and oxygen atoms in total. The Bertz CT molecular complexity index is 493. The van der Waals surface area contributed by atoms with Crippen LogP contribution in [0.4, 0.5) is 4.39 Å². The number of alkyl halides is 1. The molecule has 1 fully saturated rings. The Morgan fingerprint density at radius 2 is 1.96 bits per heavy atom. The summed E-state index contributed by atoms with van der Waals surface area (Å²) in [7, 11) is 0. The smallest absolute Gasteiger partial charge is 0.278 e. The maximum Gasteiger partial charge on any atom is 0.278 e.